The van der Waals surface area contributed by atoms with Crippen molar-refractivity contribution in [2.45, 2.75) is 32.1 Å². The van der Waals surface area contributed by atoms with Crippen molar-refractivity contribution in [3.05, 3.63) is 59.7 Å². The maximum atomic E-state index is 12.3. The zero-order valence-electron chi connectivity index (χ0n) is 15.7. The van der Waals surface area contributed by atoms with E-state index < -0.39 is 0 Å². The molecule has 5 heteroatoms. The summed E-state index contributed by atoms with van der Waals surface area (Å²) in [6.45, 7) is 1.75. The molecule has 0 bridgehead atoms. The van der Waals surface area contributed by atoms with Crippen LogP contribution in [0.5, 0.6) is 5.75 Å². The van der Waals surface area contributed by atoms with Gasteiger partial charge < -0.3 is 15.0 Å². The Kier molecular flexibility index (Phi) is 6.47. The summed E-state index contributed by atoms with van der Waals surface area (Å²) in [5, 5.41) is 2.90. The fraction of sp³-hybridized carbons (Fsp3) is 0.364. The molecule has 2 amide bonds. The molecule has 0 unspecified atom stereocenters. The first kappa shape index (κ1) is 19.0. The second-order valence-corrected chi connectivity index (χ2v) is 6.89. The van der Waals surface area contributed by atoms with Crippen LogP contribution in [0.4, 0.5) is 5.69 Å². The summed E-state index contributed by atoms with van der Waals surface area (Å²) >= 11 is 0. The lowest BCUT2D eigenvalue weighted by molar-refractivity contribution is -0.131. The minimum atomic E-state index is -0.0719. The first-order valence-corrected chi connectivity index (χ1v) is 9.43. The molecule has 1 saturated heterocycles. The Morgan fingerprint density at radius 3 is 2.11 bits per heavy atom. The summed E-state index contributed by atoms with van der Waals surface area (Å²) in [6, 6.07) is 15.0. The second-order valence-electron chi connectivity index (χ2n) is 6.89. The topological polar surface area (TPSA) is 58.6 Å². The van der Waals surface area contributed by atoms with Crippen molar-refractivity contribution in [3.63, 3.8) is 0 Å². The quantitative estimate of drug-likeness (QED) is 0.852. The number of hydrogen-bond donors (Lipinski definition) is 1. The van der Waals surface area contributed by atoms with Crippen LogP contribution < -0.4 is 10.1 Å². The van der Waals surface area contributed by atoms with E-state index in [1.54, 1.807) is 7.11 Å². The van der Waals surface area contributed by atoms with Gasteiger partial charge >= 0.3 is 0 Å². The third-order valence-corrected chi connectivity index (χ3v) is 4.83. The van der Waals surface area contributed by atoms with E-state index in [-0.39, 0.29) is 11.8 Å². The third-order valence-electron chi connectivity index (χ3n) is 4.83. The molecule has 1 fully saturated rings. The number of rotatable bonds is 6. The molecule has 1 N–H and O–H groups in total. The number of hydrogen-bond acceptors (Lipinski definition) is 3. The largest absolute Gasteiger partial charge is 0.497 e. The maximum absolute atomic E-state index is 12.3. The lowest BCUT2D eigenvalue weighted by atomic mass is 10.1. The molecule has 0 saturated carbocycles. The summed E-state index contributed by atoms with van der Waals surface area (Å²) in [5.41, 5.74) is 2.64. The summed E-state index contributed by atoms with van der Waals surface area (Å²) in [4.78, 5) is 26.5. The first-order chi connectivity index (χ1) is 13.1. The van der Waals surface area contributed by atoms with Gasteiger partial charge in [-0.3, -0.25) is 9.59 Å². The SMILES string of the molecule is COc1ccc(CC(=O)Nc2ccc(CC(=O)N3CCCCC3)cc2)cc1. The van der Waals surface area contributed by atoms with E-state index in [0.717, 1.165) is 48.5 Å². The molecule has 0 aromatic heterocycles. The van der Waals surface area contributed by atoms with Crippen LogP contribution in [0, 0.1) is 0 Å². The van der Waals surface area contributed by atoms with Gasteiger partial charge in [-0.1, -0.05) is 24.3 Å². The minimum absolute atomic E-state index is 0.0719. The van der Waals surface area contributed by atoms with Crippen LogP contribution in [0.1, 0.15) is 30.4 Å². The van der Waals surface area contributed by atoms with Crippen LogP contribution in [-0.4, -0.2) is 36.9 Å². The molecule has 1 aliphatic heterocycles. The van der Waals surface area contributed by atoms with Gasteiger partial charge in [-0.2, -0.15) is 0 Å². The zero-order chi connectivity index (χ0) is 19.1. The standard InChI is InChI=1S/C22H26N2O3/c1-27-20-11-7-17(8-12-20)15-21(25)23-19-9-5-18(6-10-19)16-22(26)24-13-3-2-4-14-24/h5-12H,2-4,13-16H2,1H3,(H,23,25). The molecule has 0 radical (unpaired) electrons. The molecular formula is C22H26N2O3. The van der Waals surface area contributed by atoms with Gasteiger partial charge in [-0.05, 0) is 54.7 Å². The molecule has 0 aliphatic carbocycles. The molecule has 2 aromatic carbocycles. The number of nitrogens with zero attached hydrogens (tertiary/aromatic N) is 1. The third kappa shape index (κ3) is 5.58. The van der Waals surface area contributed by atoms with Crippen LogP contribution in [0.3, 0.4) is 0 Å². The molecule has 27 heavy (non-hydrogen) atoms. The monoisotopic (exact) mass is 366 g/mol. The Bertz CT molecular complexity index is 763. The minimum Gasteiger partial charge on any atom is -0.497 e. The van der Waals surface area contributed by atoms with E-state index in [4.69, 9.17) is 4.74 Å². The summed E-state index contributed by atoms with van der Waals surface area (Å²) in [5.74, 6) is 0.886. The maximum Gasteiger partial charge on any atom is 0.228 e. The van der Waals surface area contributed by atoms with Crippen molar-refractivity contribution in [3.8, 4) is 5.75 Å². The van der Waals surface area contributed by atoms with Crippen LogP contribution in [-0.2, 0) is 22.4 Å². The highest BCUT2D eigenvalue weighted by atomic mass is 16.5. The van der Waals surface area contributed by atoms with Crippen LogP contribution >= 0.6 is 0 Å². The second kappa shape index (κ2) is 9.21. The van der Waals surface area contributed by atoms with E-state index >= 15 is 0 Å². The number of methoxy groups -OCH3 is 1. The Morgan fingerprint density at radius 2 is 1.48 bits per heavy atom. The van der Waals surface area contributed by atoms with Gasteiger partial charge in [0.1, 0.15) is 5.75 Å². The molecule has 0 spiro atoms. The van der Waals surface area contributed by atoms with Crippen molar-refractivity contribution >= 4 is 17.5 Å². The van der Waals surface area contributed by atoms with Gasteiger partial charge in [0, 0.05) is 18.8 Å². The zero-order valence-corrected chi connectivity index (χ0v) is 15.7. The number of benzene rings is 2. The van der Waals surface area contributed by atoms with Gasteiger partial charge in [0.2, 0.25) is 11.8 Å². The highest BCUT2D eigenvalue weighted by molar-refractivity contribution is 5.92. The Hall–Kier alpha value is -2.82. The van der Waals surface area contributed by atoms with Crippen LogP contribution in [0.15, 0.2) is 48.5 Å². The smallest absolute Gasteiger partial charge is 0.228 e. The summed E-state index contributed by atoms with van der Waals surface area (Å²) < 4.78 is 5.12. The Morgan fingerprint density at radius 1 is 0.889 bits per heavy atom. The van der Waals surface area contributed by atoms with E-state index in [1.807, 2.05) is 53.4 Å². The summed E-state index contributed by atoms with van der Waals surface area (Å²) in [6.07, 6.45) is 4.14. The van der Waals surface area contributed by atoms with Gasteiger partial charge in [-0.25, -0.2) is 0 Å². The average molecular weight is 366 g/mol. The molecule has 5 nitrogen and oxygen atoms in total. The van der Waals surface area contributed by atoms with Gasteiger partial charge in [0.25, 0.3) is 0 Å². The number of carbonyl (C=O) groups excluding carboxylic acids is 2. The number of likely N-dealkylation sites (tertiary alicyclic amines) is 1. The lowest BCUT2D eigenvalue weighted by Gasteiger charge is -2.26. The Labute approximate surface area is 160 Å². The van der Waals surface area contributed by atoms with E-state index in [9.17, 15) is 9.59 Å². The normalized spacial score (nSPS) is 13.9. The number of piperidine rings is 1. The predicted octanol–water partition coefficient (Wildman–Crippen LogP) is 3.43. The van der Waals surface area contributed by atoms with E-state index in [1.165, 1.54) is 6.42 Å². The van der Waals surface area contributed by atoms with Crippen molar-refractivity contribution in [2.24, 2.45) is 0 Å². The number of nitrogens with one attached hydrogen (secondary N) is 1. The molecule has 1 heterocycles. The first-order valence-electron chi connectivity index (χ1n) is 9.43. The van der Waals surface area contributed by atoms with Gasteiger partial charge in [0.15, 0.2) is 0 Å². The van der Waals surface area contributed by atoms with Crippen molar-refractivity contribution in [1.29, 1.82) is 0 Å². The molecule has 1 aliphatic rings. The number of amides is 2. The Balaban J connectivity index is 1.50. The van der Waals surface area contributed by atoms with Crippen molar-refractivity contribution in [1.82, 2.24) is 4.90 Å². The number of carbonyl (C=O) groups is 2. The predicted molar refractivity (Wildman–Crippen MR) is 106 cm³/mol. The highest BCUT2D eigenvalue weighted by Gasteiger charge is 2.16. The lowest BCUT2D eigenvalue weighted by Crippen LogP contribution is -2.36. The van der Waals surface area contributed by atoms with E-state index in [2.05, 4.69) is 5.32 Å². The summed E-state index contributed by atoms with van der Waals surface area (Å²) in [7, 11) is 1.62. The van der Waals surface area contributed by atoms with Crippen molar-refractivity contribution < 1.29 is 14.3 Å². The molecular weight excluding hydrogens is 340 g/mol. The fourth-order valence-corrected chi connectivity index (χ4v) is 3.27. The highest BCUT2D eigenvalue weighted by Crippen LogP contribution is 2.15. The van der Waals surface area contributed by atoms with Gasteiger partial charge in [-0.15, -0.1) is 0 Å². The van der Waals surface area contributed by atoms with Crippen LogP contribution in [0.2, 0.25) is 0 Å². The van der Waals surface area contributed by atoms with Crippen LogP contribution in [0.25, 0.3) is 0 Å². The molecule has 2 aromatic rings. The fourth-order valence-electron chi connectivity index (χ4n) is 3.27. The van der Waals surface area contributed by atoms with E-state index in [0.29, 0.717) is 12.8 Å². The van der Waals surface area contributed by atoms with Crippen molar-refractivity contribution in [2.75, 3.05) is 25.5 Å². The molecule has 142 valence electrons. The number of anilines is 1. The molecule has 3 rings (SSSR count). The number of ether oxygens (including phenoxy) is 1. The van der Waals surface area contributed by atoms with Gasteiger partial charge in [0.05, 0.1) is 20.0 Å². The average Bonchev–Trinajstić information content (AvgIpc) is 2.70. The molecule has 0 atom stereocenters.